The summed E-state index contributed by atoms with van der Waals surface area (Å²) in [5.74, 6) is -0.448. The monoisotopic (exact) mass is 321 g/mol. The molecule has 2 N–H and O–H groups in total. The molecule has 3 nitrogen and oxygen atoms in total. The predicted molar refractivity (Wildman–Crippen MR) is 99.2 cm³/mol. The summed E-state index contributed by atoms with van der Waals surface area (Å²) in [5, 5.41) is 17.4. The first-order valence-electron chi connectivity index (χ1n) is 8.42. The van der Waals surface area contributed by atoms with Crippen LogP contribution < -0.4 is 5.32 Å². The molecule has 0 unspecified atom stereocenters. The Hall–Kier alpha value is -2.39. The Morgan fingerprint density at radius 2 is 1.54 bits per heavy atom. The fourth-order valence-electron chi connectivity index (χ4n) is 3.27. The van der Waals surface area contributed by atoms with Gasteiger partial charge in [0.25, 0.3) is 0 Å². The highest BCUT2D eigenvalue weighted by molar-refractivity contribution is 6.02. The molecule has 3 aromatic carbocycles. The van der Waals surface area contributed by atoms with Gasteiger partial charge in [0.15, 0.2) is 0 Å². The summed E-state index contributed by atoms with van der Waals surface area (Å²) >= 11 is 0. The summed E-state index contributed by atoms with van der Waals surface area (Å²) < 4.78 is 0. The van der Waals surface area contributed by atoms with Crippen LogP contribution in [0.5, 0.6) is 0 Å². The molecule has 0 heterocycles. The van der Waals surface area contributed by atoms with Crippen molar-refractivity contribution in [1.29, 1.82) is 0 Å². The molecule has 0 fully saturated rings. The average Bonchev–Trinajstić information content (AvgIpc) is 2.56. The molecule has 3 rings (SSSR count). The lowest BCUT2D eigenvalue weighted by Crippen LogP contribution is -2.37. The maximum atomic E-state index is 11.5. The van der Waals surface area contributed by atoms with Crippen molar-refractivity contribution in [1.82, 2.24) is 5.32 Å². The zero-order valence-electron chi connectivity index (χ0n) is 14.1. The minimum absolute atomic E-state index is 0.336. The van der Waals surface area contributed by atoms with Crippen molar-refractivity contribution in [2.45, 2.75) is 32.9 Å². The summed E-state index contributed by atoms with van der Waals surface area (Å²) in [6.07, 6.45) is 0.623. The quantitative estimate of drug-likeness (QED) is 0.653. The Kier molecular flexibility index (Phi) is 4.81. The van der Waals surface area contributed by atoms with Crippen LogP contribution in [-0.2, 0) is 11.3 Å². The van der Waals surface area contributed by atoms with Crippen molar-refractivity contribution in [3.8, 4) is 0 Å². The number of fused-ring (bicyclic) bond motifs is 2. The topological polar surface area (TPSA) is 49.3 Å². The van der Waals surface area contributed by atoms with Gasteiger partial charge in [0.1, 0.15) is 6.04 Å². The van der Waals surface area contributed by atoms with Gasteiger partial charge in [-0.3, -0.25) is 4.79 Å². The molecule has 0 aromatic heterocycles. The van der Waals surface area contributed by atoms with E-state index < -0.39 is 12.0 Å². The molecule has 0 radical (unpaired) electrons. The minimum Gasteiger partial charge on any atom is -0.480 e. The van der Waals surface area contributed by atoms with Gasteiger partial charge in [0.2, 0.25) is 0 Å². The first kappa shape index (κ1) is 16.5. The maximum Gasteiger partial charge on any atom is 0.320 e. The lowest BCUT2D eigenvalue weighted by molar-refractivity contribution is -0.140. The van der Waals surface area contributed by atoms with Gasteiger partial charge in [-0.2, -0.15) is 0 Å². The van der Waals surface area contributed by atoms with Gasteiger partial charge in [0, 0.05) is 6.54 Å². The SMILES string of the molecule is CC(C)C[C@H](NCc1c2ccccc2cc2ccccc12)C(=O)O. The van der Waals surface area contributed by atoms with E-state index >= 15 is 0 Å². The molecule has 3 aromatic rings. The van der Waals surface area contributed by atoms with Crippen LogP contribution in [0, 0.1) is 5.92 Å². The number of benzene rings is 3. The van der Waals surface area contributed by atoms with Crippen molar-refractivity contribution in [3.63, 3.8) is 0 Å². The highest BCUT2D eigenvalue weighted by atomic mass is 16.4. The predicted octanol–water partition coefficient (Wildman–Crippen LogP) is 4.58. The van der Waals surface area contributed by atoms with Crippen molar-refractivity contribution in [3.05, 3.63) is 60.2 Å². The van der Waals surface area contributed by atoms with Gasteiger partial charge >= 0.3 is 5.97 Å². The van der Waals surface area contributed by atoms with Gasteiger partial charge in [-0.15, -0.1) is 0 Å². The molecule has 0 aliphatic rings. The normalized spacial score (nSPS) is 12.8. The Morgan fingerprint density at radius 3 is 2.04 bits per heavy atom. The van der Waals surface area contributed by atoms with E-state index in [1.165, 1.54) is 27.1 Å². The van der Waals surface area contributed by atoms with Crippen molar-refractivity contribution in [2.24, 2.45) is 5.92 Å². The Bertz CT molecular complexity index is 816. The van der Waals surface area contributed by atoms with E-state index in [1.807, 2.05) is 38.1 Å². The molecule has 0 bridgehead atoms. The molecule has 0 saturated carbocycles. The van der Waals surface area contributed by atoms with Crippen LogP contribution in [0.15, 0.2) is 54.6 Å². The molecule has 3 heteroatoms. The van der Waals surface area contributed by atoms with Gasteiger partial charge in [-0.25, -0.2) is 0 Å². The van der Waals surface area contributed by atoms with Crippen LogP contribution in [-0.4, -0.2) is 17.1 Å². The van der Waals surface area contributed by atoms with Gasteiger partial charge in [-0.1, -0.05) is 62.4 Å². The summed E-state index contributed by atoms with van der Waals surface area (Å²) in [6, 6.07) is 18.2. The number of aliphatic carboxylic acids is 1. The Balaban J connectivity index is 2.01. The fourth-order valence-corrected chi connectivity index (χ4v) is 3.27. The van der Waals surface area contributed by atoms with Crippen molar-refractivity contribution < 1.29 is 9.90 Å². The number of rotatable bonds is 6. The van der Waals surface area contributed by atoms with Crippen LogP contribution in [0.4, 0.5) is 0 Å². The molecule has 0 aliphatic carbocycles. The third-order valence-electron chi connectivity index (χ3n) is 4.41. The van der Waals surface area contributed by atoms with Gasteiger partial charge < -0.3 is 10.4 Å². The lowest BCUT2D eigenvalue weighted by Gasteiger charge is -2.18. The second-order valence-electron chi connectivity index (χ2n) is 6.70. The number of nitrogens with one attached hydrogen (secondary N) is 1. The molecule has 0 spiro atoms. The van der Waals surface area contributed by atoms with E-state index in [0.717, 1.165) is 0 Å². The molecule has 0 aliphatic heterocycles. The number of carboxylic acid groups (broad SMARTS) is 1. The highest BCUT2D eigenvalue weighted by Crippen LogP contribution is 2.28. The zero-order chi connectivity index (χ0) is 17.1. The van der Waals surface area contributed by atoms with Crippen LogP contribution in [0.3, 0.4) is 0 Å². The van der Waals surface area contributed by atoms with Crippen LogP contribution in [0.1, 0.15) is 25.8 Å². The summed E-state index contributed by atoms with van der Waals surface area (Å²) in [5.41, 5.74) is 1.17. The first-order valence-corrected chi connectivity index (χ1v) is 8.42. The summed E-state index contributed by atoms with van der Waals surface area (Å²) in [6.45, 7) is 4.64. The number of hydrogen-bond donors (Lipinski definition) is 2. The number of carbonyl (C=O) groups is 1. The molecule has 0 saturated heterocycles. The number of hydrogen-bond acceptors (Lipinski definition) is 2. The molecule has 1 atom stereocenters. The molecule has 24 heavy (non-hydrogen) atoms. The average molecular weight is 321 g/mol. The first-order chi connectivity index (χ1) is 11.6. The largest absolute Gasteiger partial charge is 0.480 e. The number of carboxylic acids is 1. The fraction of sp³-hybridized carbons (Fsp3) is 0.286. The summed E-state index contributed by atoms with van der Waals surface area (Å²) in [7, 11) is 0. The van der Waals surface area contributed by atoms with E-state index in [9.17, 15) is 9.90 Å². The minimum atomic E-state index is -0.784. The summed E-state index contributed by atoms with van der Waals surface area (Å²) in [4.78, 5) is 11.5. The molecule has 0 amide bonds. The Labute approximate surface area is 142 Å². The lowest BCUT2D eigenvalue weighted by atomic mass is 9.96. The van der Waals surface area contributed by atoms with E-state index in [1.54, 1.807) is 0 Å². The van der Waals surface area contributed by atoms with Crippen molar-refractivity contribution in [2.75, 3.05) is 0 Å². The highest BCUT2D eigenvalue weighted by Gasteiger charge is 2.19. The second kappa shape index (κ2) is 7.02. The standard InChI is InChI=1S/C21H23NO2/c1-14(2)11-20(21(23)24)22-13-19-17-9-5-3-7-15(17)12-16-8-4-6-10-18(16)19/h3-10,12,14,20,22H,11,13H2,1-2H3,(H,23,24)/t20-/m0/s1. The van der Waals surface area contributed by atoms with E-state index in [0.29, 0.717) is 18.9 Å². The maximum absolute atomic E-state index is 11.5. The third kappa shape index (κ3) is 3.41. The molecule has 124 valence electrons. The van der Waals surface area contributed by atoms with Gasteiger partial charge in [-0.05, 0) is 45.5 Å². The second-order valence-corrected chi connectivity index (χ2v) is 6.70. The Morgan fingerprint density at radius 1 is 1.00 bits per heavy atom. The van der Waals surface area contributed by atoms with E-state index in [-0.39, 0.29) is 0 Å². The third-order valence-corrected chi connectivity index (χ3v) is 4.41. The zero-order valence-corrected chi connectivity index (χ0v) is 14.1. The van der Waals surface area contributed by atoms with E-state index in [2.05, 4.69) is 35.6 Å². The van der Waals surface area contributed by atoms with Crippen molar-refractivity contribution >= 4 is 27.5 Å². The van der Waals surface area contributed by atoms with Crippen LogP contribution >= 0.6 is 0 Å². The van der Waals surface area contributed by atoms with Gasteiger partial charge in [0.05, 0.1) is 0 Å². The van der Waals surface area contributed by atoms with Crippen LogP contribution in [0.25, 0.3) is 21.5 Å². The van der Waals surface area contributed by atoms with E-state index in [4.69, 9.17) is 0 Å². The molecular weight excluding hydrogens is 298 g/mol. The smallest absolute Gasteiger partial charge is 0.320 e. The van der Waals surface area contributed by atoms with Crippen LogP contribution in [0.2, 0.25) is 0 Å². The molecular formula is C21H23NO2.